The second-order valence-corrected chi connectivity index (χ2v) is 4.39. The van der Waals surface area contributed by atoms with E-state index in [1.54, 1.807) is 11.3 Å². The maximum atomic E-state index is 6.02. The summed E-state index contributed by atoms with van der Waals surface area (Å²) in [5.41, 5.74) is 1.31. The molecule has 2 rings (SSSR count). The van der Waals surface area contributed by atoms with E-state index in [9.17, 15) is 0 Å². The van der Waals surface area contributed by atoms with E-state index in [2.05, 4.69) is 33.4 Å². The SMILES string of the molecule is Clc1ccc(CBr)c2sccc12. The lowest BCUT2D eigenvalue weighted by atomic mass is 10.2. The van der Waals surface area contributed by atoms with Crippen LogP contribution >= 0.6 is 38.9 Å². The number of rotatable bonds is 1. The van der Waals surface area contributed by atoms with Gasteiger partial charge in [0.05, 0.1) is 0 Å². The Kier molecular flexibility index (Phi) is 2.40. The molecule has 12 heavy (non-hydrogen) atoms. The molecule has 0 saturated carbocycles. The molecule has 1 heterocycles. The summed E-state index contributed by atoms with van der Waals surface area (Å²) in [4.78, 5) is 0. The molecule has 0 spiro atoms. The fourth-order valence-electron chi connectivity index (χ4n) is 1.19. The van der Waals surface area contributed by atoms with Crippen molar-refractivity contribution in [3.05, 3.63) is 34.2 Å². The Hall–Kier alpha value is -0.0500. The van der Waals surface area contributed by atoms with Crippen LogP contribution in [-0.4, -0.2) is 0 Å². The van der Waals surface area contributed by atoms with Gasteiger partial charge in [-0.05, 0) is 23.1 Å². The summed E-state index contributed by atoms with van der Waals surface area (Å²) < 4.78 is 1.29. The average Bonchev–Trinajstić information content (AvgIpc) is 2.54. The maximum absolute atomic E-state index is 6.02. The first-order chi connectivity index (χ1) is 5.83. The lowest BCUT2D eigenvalue weighted by Gasteiger charge is -1.98. The van der Waals surface area contributed by atoms with Crippen molar-refractivity contribution >= 4 is 49.0 Å². The smallest absolute Gasteiger partial charge is 0.0493 e. The molecule has 3 heteroatoms. The number of hydrogen-bond acceptors (Lipinski definition) is 1. The lowest BCUT2D eigenvalue weighted by Crippen LogP contribution is -1.76. The molecular weight excluding hydrogens is 256 g/mol. The molecule has 0 saturated heterocycles. The topological polar surface area (TPSA) is 0 Å². The second kappa shape index (κ2) is 3.36. The summed E-state index contributed by atoms with van der Waals surface area (Å²) in [5.74, 6) is 0. The predicted molar refractivity (Wildman–Crippen MR) is 59.5 cm³/mol. The van der Waals surface area contributed by atoms with Crippen molar-refractivity contribution in [3.63, 3.8) is 0 Å². The second-order valence-electron chi connectivity index (χ2n) is 2.50. The van der Waals surface area contributed by atoms with Crippen LogP contribution in [0.1, 0.15) is 5.56 Å². The Morgan fingerprint density at radius 1 is 1.33 bits per heavy atom. The third-order valence-electron chi connectivity index (χ3n) is 1.79. The highest BCUT2D eigenvalue weighted by Crippen LogP contribution is 2.31. The Morgan fingerprint density at radius 2 is 2.17 bits per heavy atom. The molecule has 0 aliphatic heterocycles. The van der Waals surface area contributed by atoms with Gasteiger partial charge in [-0.2, -0.15) is 0 Å². The molecule has 0 aliphatic rings. The van der Waals surface area contributed by atoms with Gasteiger partial charge in [0.25, 0.3) is 0 Å². The molecule has 0 N–H and O–H groups in total. The van der Waals surface area contributed by atoms with Crippen molar-refractivity contribution in [1.29, 1.82) is 0 Å². The van der Waals surface area contributed by atoms with Crippen LogP contribution in [0.2, 0.25) is 5.02 Å². The van der Waals surface area contributed by atoms with Gasteiger partial charge in [-0.25, -0.2) is 0 Å². The Labute approximate surface area is 88.3 Å². The summed E-state index contributed by atoms with van der Waals surface area (Å²) >= 11 is 11.2. The first-order valence-electron chi connectivity index (χ1n) is 3.53. The molecule has 0 atom stereocenters. The Balaban J connectivity index is 2.82. The van der Waals surface area contributed by atoms with Crippen LogP contribution in [0.25, 0.3) is 10.1 Å². The van der Waals surface area contributed by atoms with E-state index in [1.165, 1.54) is 15.6 Å². The molecule has 62 valence electrons. The van der Waals surface area contributed by atoms with Crippen molar-refractivity contribution in [1.82, 2.24) is 0 Å². The largest absolute Gasteiger partial charge is 0.143 e. The van der Waals surface area contributed by atoms with Crippen LogP contribution in [-0.2, 0) is 5.33 Å². The Bertz CT molecular complexity index is 408. The summed E-state index contributed by atoms with van der Waals surface area (Å²) in [6, 6.07) is 6.08. The standard InChI is InChI=1S/C9H6BrClS/c10-5-6-1-2-8(11)7-3-4-12-9(6)7/h1-4H,5H2. The van der Waals surface area contributed by atoms with Gasteiger partial charge >= 0.3 is 0 Å². The molecule has 0 fully saturated rings. The maximum Gasteiger partial charge on any atom is 0.0493 e. The lowest BCUT2D eigenvalue weighted by molar-refractivity contribution is 1.51. The van der Waals surface area contributed by atoms with Gasteiger partial charge in [0.2, 0.25) is 0 Å². The molecule has 0 amide bonds. The number of fused-ring (bicyclic) bond motifs is 1. The Morgan fingerprint density at radius 3 is 2.92 bits per heavy atom. The predicted octanol–water partition coefficient (Wildman–Crippen LogP) is 4.45. The van der Waals surface area contributed by atoms with Crippen LogP contribution < -0.4 is 0 Å². The van der Waals surface area contributed by atoms with Crippen LogP contribution in [0.4, 0.5) is 0 Å². The molecule has 1 aromatic heterocycles. The molecule has 0 aliphatic carbocycles. The van der Waals surface area contributed by atoms with Gasteiger partial charge in [-0.3, -0.25) is 0 Å². The van der Waals surface area contributed by atoms with E-state index in [4.69, 9.17) is 11.6 Å². The molecular formula is C9H6BrClS. The summed E-state index contributed by atoms with van der Waals surface area (Å²) in [7, 11) is 0. The summed E-state index contributed by atoms with van der Waals surface area (Å²) in [6.07, 6.45) is 0. The van der Waals surface area contributed by atoms with Crippen molar-refractivity contribution < 1.29 is 0 Å². The minimum absolute atomic E-state index is 0.843. The first kappa shape index (κ1) is 8.54. The van der Waals surface area contributed by atoms with Gasteiger partial charge in [-0.1, -0.05) is 33.6 Å². The van der Waals surface area contributed by atoms with Crippen molar-refractivity contribution in [2.75, 3.05) is 0 Å². The molecule has 0 bridgehead atoms. The van der Waals surface area contributed by atoms with E-state index in [-0.39, 0.29) is 0 Å². The van der Waals surface area contributed by atoms with Crippen LogP contribution in [0.15, 0.2) is 23.6 Å². The quantitative estimate of drug-likeness (QED) is 0.665. The summed E-state index contributed by atoms with van der Waals surface area (Å²) in [6.45, 7) is 0. The molecule has 2 aromatic rings. The number of halogens is 2. The van der Waals surface area contributed by atoms with E-state index in [1.807, 2.05) is 6.07 Å². The highest BCUT2D eigenvalue weighted by atomic mass is 79.9. The zero-order valence-electron chi connectivity index (χ0n) is 6.18. The molecule has 1 aromatic carbocycles. The van der Waals surface area contributed by atoms with Crippen molar-refractivity contribution in [2.45, 2.75) is 5.33 Å². The minimum atomic E-state index is 0.843. The van der Waals surface area contributed by atoms with E-state index in [0.717, 1.165) is 10.4 Å². The number of thiophene rings is 1. The fraction of sp³-hybridized carbons (Fsp3) is 0.111. The fourth-order valence-corrected chi connectivity index (χ4v) is 3.06. The van der Waals surface area contributed by atoms with Crippen molar-refractivity contribution in [2.24, 2.45) is 0 Å². The molecule has 0 nitrogen and oxygen atoms in total. The van der Waals surface area contributed by atoms with Gasteiger partial charge < -0.3 is 0 Å². The van der Waals surface area contributed by atoms with Gasteiger partial charge in [0.15, 0.2) is 0 Å². The number of alkyl halides is 1. The van der Waals surface area contributed by atoms with Crippen molar-refractivity contribution in [3.8, 4) is 0 Å². The van der Waals surface area contributed by atoms with Gasteiger partial charge in [0.1, 0.15) is 0 Å². The van der Waals surface area contributed by atoms with Gasteiger partial charge in [-0.15, -0.1) is 11.3 Å². The normalized spacial score (nSPS) is 10.8. The average molecular weight is 262 g/mol. The van der Waals surface area contributed by atoms with Crippen LogP contribution in [0.5, 0.6) is 0 Å². The first-order valence-corrected chi connectivity index (χ1v) is 5.91. The van der Waals surface area contributed by atoms with E-state index < -0.39 is 0 Å². The monoisotopic (exact) mass is 260 g/mol. The third kappa shape index (κ3) is 1.28. The molecule has 0 radical (unpaired) electrons. The van der Waals surface area contributed by atoms with E-state index >= 15 is 0 Å². The molecule has 0 unspecified atom stereocenters. The number of benzene rings is 1. The highest BCUT2D eigenvalue weighted by Gasteiger charge is 2.03. The van der Waals surface area contributed by atoms with Gasteiger partial charge in [0, 0.05) is 20.4 Å². The minimum Gasteiger partial charge on any atom is -0.143 e. The third-order valence-corrected chi connectivity index (χ3v) is 3.71. The number of hydrogen-bond donors (Lipinski definition) is 0. The highest BCUT2D eigenvalue weighted by molar-refractivity contribution is 9.08. The van der Waals surface area contributed by atoms with Crippen LogP contribution in [0.3, 0.4) is 0 Å². The zero-order chi connectivity index (χ0) is 8.55. The zero-order valence-corrected chi connectivity index (χ0v) is 9.34. The van der Waals surface area contributed by atoms with E-state index in [0.29, 0.717) is 0 Å². The van der Waals surface area contributed by atoms with Crippen LogP contribution in [0, 0.1) is 0 Å². The summed E-state index contributed by atoms with van der Waals surface area (Å²) in [5, 5.41) is 4.97.